The third kappa shape index (κ3) is 3.27. The molecule has 0 aliphatic carbocycles. The molecule has 0 aliphatic heterocycles. The first-order valence-corrected chi connectivity index (χ1v) is 7.26. The summed E-state index contributed by atoms with van der Waals surface area (Å²) in [7, 11) is 0. The van der Waals surface area contributed by atoms with Crippen LogP contribution in [0.3, 0.4) is 0 Å². The van der Waals surface area contributed by atoms with Crippen molar-refractivity contribution in [1.29, 1.82) is 0 Å². The molecule has 0 bridgehead atoms. The van der Waals surface area contributed by atoms with Gasteiger partial charge in [0.2, 0.25) is 5.91 Å². The Bertz CT molecular complexity index is 730. The van der Waals surface area contributed by atoms with E-state index >= 15 is 0 Å². The molecule has 4 nitrogen and oxygen atoms in total. The summed E-state index contributed by atoms with van der Waals surface area (Å²) in [6.45, 7) is 5.75. The molecule has 1 aromatic heterocycles. The van der Waals surface area contributed by atoms with E-state index in [1.54, 1.807) is 10.6 Å². The van der Waals surface area contributed by atoms with E-state index in [1.807, 2.05) is 20.8 Å². The number of aromatic nitrogens is 2. The summed E-state index contributed by atoms with van der Waals surface area (Å²) >= 11 is 8.31. The Morgan fingerprint density at radius 3 is 2.75 bits per heavy atom. The van der Waals surface area contributed by atoms with E-state index in [9.17, 15) is 9.18 Å². The number of hydrogen-bond acceptors (Lipinski definition) is 2. The number of fused-ring (bicyclic) bond motifs is 1. The number of H-pyrrole nitrogens is 1. The minimum absolute atomic E-state index is 0.0528. The molecule has 0 saturated carbocycles. The highest BCUT2D eigenvalue weighted by Crippen LogP contribution is 2.23. The Kier molecular flexibility index (Phi) is 4.02. The van der Waals surface area contributed by atoms with E-state index in [2.05, 4.69) is 26.2 Å². The topological polar surface area (TPSA) is 49.8 Å². The van der Waals surface area contributed by atoms with Gasteiger partial charge in [0.05, 0.1) is 15.5 Å². The molecule has 1 amide bonds. The highest BCUT2D eigenvalue weighted by molar-refractivity contribution is 9.10. The monoisotopic (exact) mass is 359 g/mol. The van der Waals surface area contributed by atoms with Gasteiger partial charge in [-0.05, 0) is 55.0 Å². The summed E-state index contributed by atoms with van der Waals surface area (Å²) in [5.74, 6) is -0.561. The number of aromatic amines is 1. The molecular formula is C13H15BrFN3OS. The predicted octanol–water partition coefficient (Wildman–Crippen LogP) is 3.52. The summed E-state index contributed by atoms with van der Waals surface area (Å²) in [4.78, 5) is 14.9. The third-order valence-electron chi connectivity index (χ3n) is 2.63. The zero-order valence-electron chi connectivity index (χ0n) is 11.4. The van der Waals surface area contributed by atoms with Gasteiger partial charge in [-0.25, -0.2) is 4.39 Å². The van der Waals surface area contributed by atoms with Crippen molar-refractivity contribution in [2.24, 2.45) is 0 Å². The maximum atomic E-state index is 13.6. The van der Waals surface area contributed by atoms with Gasteiger partial charge in [-0.2, -0.15) is 0 Å². The van der Waals surface area contributed by atoms with Crippen LogP contribution < -0.4 is 5.32 Å². The predicted molar refractivity (Wildman–Crippen MR) is 82.7 cm³/mol. The van der Waals surface area contributed by atoms with Crippen molar-refractivity contribution in [3.63, 3.8) is 0 Å². The van der Waals surface area contributed by atoms with Gasteiger partial charge >= 0.3 is 0 Å². The van der Waals surface area contributed by atoms with Crippen LogP contribution in [-0.4, -0.2) is 21.0 Å². The zero-order chi connectivity index (χ0) is 15.1. The van der Waals surface area contributed by atoms with E-state index in [0.717, 1.165) is 0 Å². The molecule has 2 N–H and O–H groups in total. The molecule has 0 atom stereocenters. The molecule has 7 heteroatoms. The van der Waals surface area contributed by atoms with Crippen LogP contribution in [0.4, 0.5) is 4.39 Å². The van der Waals surface area contributed by atoms with Gasteiger partial charge in [0.25, 0.3) is 0 Å². The Hall–Kier alpha value is -1.21. The number of imidazole rings is 1. The van der Waals surface area contributed by atoms with E-state index in [4.69, 9.17) is 12.2 Å². The largest absolute Gasteiger partial charge is 0.350 e. The van der Waals surface area contributed by atoms with Gasteiger partial charge in [-0.1, -0.05) is 0 Å². The fourth-order valence-electron chi connectivity index (χ4n) is 1.91. The van der Waals surface area contributed by atoms with Crippen LogP contribution in [0.2, 0.25) is 0 Å². The second-order valence-electron chi connectivity index (χ2n) is 5.60. The number of carbonyl (C=O) groups is 1. The number of carbonyl (C=O) groups excluding carboxylic acids is 1. The summed E-state index contributed by atoms with van der Waals surface area (Å²) in [6, 6.07) is 2.97. The zero-order valence-corrected chi connectivity index (χ0v) is 13.8. The molecule has 2 rings (SSSR count). The van der Waals surface area contributed by atoms with E-state index in [1.165, 1.54) is 6.07 Å². The molecule has 0 aliphatic rings. The fraction of sp³-hybridized carbons (Fsp3) is 0.385. The lowest BCUT2D eigenvalue weighted by Crippen LogP contribution is -2.42. The van der Waals surface area contributed by atoms with Crippen LogP contribution in [-0.2, 0) is 11.3 Å². The number of rotatable bonds is 2. The van der Waals surface area contributed by atoms with Gasteiger partial charge in [0, 0.05) is 11.6 Å². The van der Waals surface area contributed by atoms with Gasteiger partial charge in [0.1, 0.15) is 12.4 Å². The summed E-state index contributed by atoms with van der Waals surface area (Å²) < 4.78 is 16.0. The third-order valence-corrected chi connectivity index (χ3v) is 3.56. The molecule has 1 aromatic carbocycles. The molecule has 0 spiro atoms. The van der Waals surface area contributed by atoms with Crippen molar-refractivity contribution in [2.45, 2.75) is 32.9 Å². The second-order valence-corrected chi connectivity index (χ2v) is 6.84. The lowest BCUT2D eigenvalue weighted by Gasteiger charge is -2.20. The van der Waals surface area contributed by atoms with Crippen molar-refractivity contribution in [1.82, 2.24) is 14.9 Å². The molecule has 0 radical (unpaired) electrons. The summed E-state index contributed by atoms with van der Waals surface area (Å²) in [5, 5.41) is 2.85. The Labute approximate surface area is 129 Å². The quantitative estimate of drug-likeness (QED) is 0.806. The maximum Gasteiger partial charge on any atom is 0.240 e. The first-order valence-electron chi connectivity index (χ1n) is 6.06. The molecule has 0 fully saturated rings. The molecule has 0 saturated heterocycles. The van der Waals surface area contributed by atoms with Crippen LogP contribution in [0.5, 0.6) is 0 Å². The van der Waals surface area contributed by atoms with Gasteiger partial charge in [-0.15, -0.1) is 0 Å². The Morgan fingerprint density at radius 1 is 1.50 bits per heavy atom. The van der Waals surface area contributed by atoms with Crippen LogP contribution >= 0.6 is 28.1 Å². The number of benzene rings is 1. The van der Waals surface area contributed by atoms with Gasteiger partial charge < -0.3 is 14.9 Å². The fourth-order valence-corrected chi connectivity index (χ4v) is 2.53. The SMILES string of the molecule is CC(C)(C)NC(=O)Cn1c(=S)[nH]c2cc(Br)c(F)cc21. The number of hydrogen-bond donors (Lipinski definition) is 2. The van der Waals surface area contributed by atoms with Gasteiger partial charge in [-0.3, -0.25) is 4.79 Å². The van der Waals surface area contributed by atoms with Crippen molar-refractivity contribution in [3.8, 4) is 0 Å². The molecule has 108 valence electrons. The van der Waals surface area contributed by atoms with E-state index in [-0.39, 0.29) is 18.0 Å². The smallest absolute Gasteiger partial charge is 0.240 e. The molecule has 0 unspecified atom stereocenters. The van der Waals surface area contributed by atoms with Crippen LogP contribution in [0, 0.1) is 10.6 Å². The number of nitrogens with zero attached hydrogens (tertiary/aromatic N) is 1. The summed E-state index contributed by atoms with van der Waals surface area (Å²) in [5.41, 5.74) is 0.936. The highest BCUT2D eigenvalue weighted by atomic mass is 79.9. The Balaban J connectivity index is 2.40. The van der Waals surface area contributed by atoms with E-state index < -0.39 is 5.82 Å². The maximum absolute atomic E-state index is 13.6. The van der Waals surface area contributed by atoms with Crippen LogP contribution in [0.25, 0.3) is 11.0 Å². The second kappa shape index (κ2) is 5.29. The van der Waals surface area contributed by atoms with Crippen LogP contribution in [0.15, 0.2) is 16.6 Å². The first kappa shape index (κ1) is 15.2. The van der Waals surface area contributed by atoms with Crippen molar-refractivity contribution in [2.75, 3.05) is 0 Å². The van der Waals surface area contributed by atoms with Gasteiger partial charge in [0.15, 0.2) is 4.77 Å². The normalized spacial score (nSPS) is 11.8. The molecule has 2 aromatic rings. The van der Waals surface area contributed by atoms with Crippen molar-refractivity contribution >= 4 is 45.1 Å². The number of halogens is 2. The lowest BCUT2D eigenvalue weighted by molar-refractivity contribution is -0.123. The average molecular weight is 360 g/mol. The first-order chi connectivity index (χ1) is 9.17. The number of amides is 1. The Morgan fingerprint density at radius 2 is 2.15 bits per heavy atom. The van der Waals surface area contributed by atoms with E-state index in [0.29, 0.717) is 20.3 Å². The minimum atomic E-state index is -0.392. The highest BCUT2D eigenvalue weighted by Gasteiger charge is 2.16. The molecule has 20 heavy (non-hydrogen) atoms. The molecule has 1 heterocycles. The lowest BCUT2D eigenvalue weighted by atomic mass is 10.1. The standard InChI is InChI=1S/C13H15BrFN3OS/c1-13(2,3)17-11(19)6-18-10-5-8(15)7(14)4-9(10)16-12(18)20/h4-5H,6H2,1-3H3,(H,16,20)(H,17,19). The van der Waals surface area contributed by atoms with Crippen LogP contribution in [0.1, 0.15) is 20.8 Å². The molecular weight excluding hydrogens is 345 g/mol. The summed E-state index contributed by atoms with van der Waals surface area (Å²) in [6.07, 6.45) is 0. The minimum Gasteiger partial charge on any atom is -0.350 e. The van der Waals surface area contributed by atoms with Crippen molar-refractivity contribution < 1.29 is 9.18 Å². The van der Waals surface area contributed by atoms with Crippen molar-refractivity contribution in [3.05, 3.63) is 27.2 Å². The average Bonchev–Trinajstić information content (AvgIpc) is 2.54. The number of nitrogens with one attached hydrogen (secondary N) is 2.